The normalized spacial score (nSPS) is 18.1. The molecule has 0 bridgehead atoms. The second-order valence-electron chi connectivity index (χ2n) is 8.35. The van der Waals surface area contributed by atoms with Gasteiger partial charge in [-0.2, -0.15) is 0 Å². The lowest BCUT2D eigenvalue weighted by Gasteiger charge is -2.28. The van der Waals surface area contributed by atoms with Gasteiger partial charge in [0.05, 0.1) is 23.4 Å². The van der Waals surface area contributed by atoms with Crippen molar-refractivity contribution in [2.75, 3.05) is 5.32 Å². The lowest BCUT2D eigenvalue weighted by atomic mass is 9.92. The van der Waals surface area contributed by atoms with E-state index in [1.807, 2.05) is 0 Å². The van der Waals surface area contributed by atoms with Gasteiger partial charge in [0.15, 0.2) is 5.82 Å². The molecule has 11 heteroatoms. The number of carbonyl (C=O) groups excluding carboxylic acids is 1. The van der Waals surface area contributed by atoms with E-state index >= 15 is 0 Å². The van der Waals surface area contributed by atoms with E-state index in [0.717, 1.165) is 12.8 Å². The van der Waals surface area contributed by atoms with E-state index in [0.29, 0.717) is 29.9 Å². The Kier molecular flexibility index (Phi) is 6.32. The van der Waals surface area contributed by atoms with Gasteiger partial charge in [-0.3, -0.25) is 9.78 Å². The Labute approximate surface area is 199 Å². The smallest absolute Gasteiger partial charge is 0.280 e. The maximum atomic E-state index is 13.2. The zero-order chi connectivity index (χ0) is 24.4. The van der Waals surface area contributed by atoms with Crippen molar-refractivity contribution >= 4 is 22.9 Å². The quantitative estimate of drug-likeness (QED) is 0.384. The number of halogens is 2. The first-order valence-electron chi connectivity index (χ1n) is 11.3. The summed E-state index contributed by atoms with van der Waals surface area (Å²) in [6, 6.07) is 9.16. The van der Waals surface area contributed by atoms with Crippen LogP contribution in [-0.2, 0) is 0 Å². The van der Waals surface area contributed by atoms with Crippen LogP contribution >= 0.6 is 0 Å². The maximum absolute atomic E-state index is 13.2. The van der Waals surface area contributed by atoms with Crippen LogP contribution in [0.5, 0.6) is 0 Å². The van der Waals surface area contributed by atoms with E-state index in [2.05, 4.69) is 30.7 Å². The van der Waals surface area contributed by atoms with Gasteiger partial charge in [0, 0.05) is 18.6 Å². The molecule has 9 nitrogen and oxygen atoms in total. The van der Waals surface area contributed by atoms with Crippen molar-refractivity contribution in [2.24, 2.45) is 0 Å². The number of aromatic nitrogens is 5. The summed E-state index contributed by atoms with van der Waals surface area (Å²) in [6.45, 7) is 0. The van der Waals surface area contributed by atoms with Crippen LogP contribution in [0.4, 0.5) is 20.3 Å². The SMILES string of the molecule is O=C(N[C@H]1CCCC[C@@H]1O)c1cnccc1Nc1nc(-c2cccc(C(F)F)n2)nn2cccc12. The van der Waals surface area contributed by atoms with E-state index in [9.17, 15) is 18.7 Å². The van der Waals surface area contributed by atoms with Crippen LogP contribution in [0.2, 0.25) is 0 Å². The van der Waals surface area contributed by atoms with Crippen molar-refractivity contribution in [3.8, 4) is 11.5 Å². The third-order valence-electron chi connectivity index (χ3n) is 5.98. The number of aliphatic hydroxyl groups excluding tert-OH is 1. The van der Waals surface area contributed by atoms with Gasteiger partial charge in [-0.15, -0.1) is 5.10 Å². The molecule has 0 aromatic carbocycles. The highest BCUT2D eigenvalue weighted by Gasteiger charge is 2.26. The summed E-state index contributed by atoms with van der Waals surface area (Å²) in [5.41, 5.74) is 1.18. The van der Waals surface area contributed by atoms with Crippen LogP contribution in [0.15, 0.2) is 55.0 Å². The van der Waals surface area contributed by atoms with Crippen LogP contribution in [-0.4, -0.2) is 47.7 Å². The van der Waals surface area contributed by atoms with Gasteiger partial charge < -0.3 is 15.7 Å². The number of aliphatic hydroxyl groups is 1. The number of nitrogens with one attached hydrogen (secondary N) is 2. The summed E-state index contributed by atoms with van der Waals surface area (Å²) >= 11 is 0. The molecule has 0 radical (unpaired) electrons. The van der Waals surface area contributed by atoms with Crippen molar-refractivity contribution in [2.45, 2.75) is 44.3 Å². The highest BCUT2D eigenvalue weighted by molar-refractivity contribution is 6.00. The molecule has 1 saturated carbocycles. The van der Waals surface area contributed by atoms with E-state index in [1.165, 1.54) is 18.3 Å². The molecule has 35 heavy (non-hydrogen) atoms. The molecule has 1 fully saturated rings. The van der Waals surface area contributed by atoms with Crippen LogP contribution in [0.3, 0.4) is 0 Å². The molecule has 1 aliphatic carbocycles. The van der Waals surface area contributed by atoms with Crippen molar-refractivity contribution in [3.63, 3.8) is 0 Å². The number of amides is 1. The molecule has 0 saturated heterocycles. The molecule has 1 amide bonds. The average Bonchev–Trinajstić information content (AvgIpc) is 3.35. The molecular formula is C24H23F2N7O2. The lowest BCUT2D eigenvalue weighted by Crippen LogP contribution is -2.45. The van der Waals surface area contributed by atoms with Gasteiger partial charge in [0.1, 0.15) is 16.9 Å². The molecule has 0 unspecified atom stereocenters. The monoisotopic (exact) mass is 479 g/mol. The largest absolute Gasteiger partial charge is 0.391 e. The molecule has 4 aromatic rings. The predicted octanol–water partition coefficient (Wildman–Crippen LogP) is 3.90. The topological polar surface area (TPSA) is 117 Å². The third kappa shape index (κ3) is 4.80. The molecule has 2 atom stereocenters. The summed E-state index contributed by atoms with van der Waals surface area (Å²) in [5.74, 6) is 0.143. The number of pyridine rings is 2. The Morgan fingerprint density at radius 2 is 1.97 bits per heavy atom. The molecule has 1 aliphatic rings. The summed E-state index contributed by atoms with van der Waals surface area (Å²) in [5, 5.41) is 20.7. The maximum Gasteiger partial charge on any atom is 0.280 e. The standard InChI is InChI=1S/C24H23F2N7O2/c25-21(26)17-6-3-7-18(28-17)22-31-23(19-8-4-12-33(19)32-22)29-15-10-11-27-13-14(15)24(35)30-16-5-1-2-9-20(16)34/h3-4,6-8,10-13,16,20-21,34H,1-2,5,9H2,(H,30,35)(H,27,29,31,32)/t16-,20-/m0/s1. The number of hydrogen-bond acceptors (Lipinski definition) is 7. The Bertz CT molecular complexity index is 1360. The zero-order valence-corrected chi connectivity index (χ0v) is 18.6. The van der Waals surface area contributed by atoms with Crippen molar-refractivity contribution < 1.29 is 18.7 Å². The highest BCUT2D eigenvalue weighted by Crippen LogP contribution is 2.27. The van der Waals surface area contributed by atoms with Crippen LogP contribution in [0, 0.1) is 0 Å². The van der Waals surface area contributed by atoms with E-state index in [1.54, 1.807) is 41.2 Å². The second kappa shape index (κ2) is 9.71. The number of alkyl halides is 2. The zero-order valence-electron chi connectivity index (χ0n) is 18.6. The molecule has 3 N–H and O–H groups in total. The number of fused-ring (bicyclic) bond motifs is 1. The Morgan fingerprint density at radius 3 is 2.80 bits per heavy atom. The second-order valence-corrected chi connectivity index (χ2v) is 8.35. The number of carbonyl (C=O) groups is 1. The molecule has 4 aromatic heterocycles. The van der Waals surface area contributed by atoms with Gasteiger partial charge >= 0.3 is 0 Å². The molecule has 5 rings (SSSR count). The Morgan fingerprint density at radius 1 is 1.11 bits per heavy atom. The van der Waals surface area contributed by atoms with Gasteiger partial charge in [-0.05, 0) is 43.2 Å². The molecule has 0 spiro atoms. The summed E-state index contributed by atoms with van der Waals surface area (Å²) in [4.78, 5) is 25.6. The first kappa shape index (κ1) is 22.8. The van der Waals surface area contributed by atoms with Gasteiger partial charge in [-0.1, -0.05) is 18.9 Å². The van der Waals surface area contributed by atoms with Gasteiger partial charge in [0.2, 0.25) is 5.82 Å². The van der Waals surface area contributed by atoms with Crippen LogP contribution in [0.1, 0.15) is 48.2 Å². The molecule has 0 aliphatic heterocycles. The first-order valence-corrected chi connectivity index (χ1v) is 11.3. The van der Waals surface area contributed by atoms with Crippen LogP contribution in [0.25, 0.3) is 17.0 Å². The minimum atomic E-state index is -2.72. The van der Waals surface area contributed by atoms with Crippen molar-refractivity contribution in [3.05, 3.63) is 66.2 Å². The predicted molar refractivity (Wildman–Crippen MR) is 124 cm³/mol. The average molecular weight is 479 g/mol. The fourth-order valence-electron chi connectivity index (χ4n) is 4.17. The van der Waals surface area contributed by atoms with Gasteiger partial charge in [0.25, 0.3) is 12.3 Å². The fraction of sp³-hybridized carbons (Fsp3) is 0.292. The third-order valence-corrected chi connectivity index (χ3v) is 5.98. The number of rotatable bonds is 6. The molecule has 4 heterocycles. The van der Waals surface area contributed by atoms with E-state index < -0.39 is 12.5 Å². The number of hydrogen-bond donors (Lipinski definition) is 3. The summed E-state index contributed by atoms with van der Waals surface area (Å²) in [7, 11) is 0. The minimum absolute atomic E-state index is 0.143. The highest BCUT2D eigenvalue weighted by atomic mass is 19.3. The first-order chi connectivity index (χ1) is 17.0. The van der Waals surface area contributed by atoms with Crippen molar-refractivity contribution in [1.82, 2.24) is 29.9 Å². The number of anilines is 2. The minimum Gasteiger partial charge on any atom is -0.391 e. The summed E-state index contributed by atoms with van der Waals surface area (Å²) in [6.07, 6.45) is 4.62. The lowest BCUT2D eigenvalue weighted by molar-refractivity contribution is 0.0717. The molecule has 180 valence electrons. The van der Waals surface area contributed by atoms with E-state index in [4.69, 9.17) is 0 Å². The van der Waals surface area contributed by atoms with Crippen LogP contribution < -0.4 is 10.6 Å². The Balaban J connectivity index is 1.48. The fourth-order valence-corrected chi connectivity index (χ4v) is 4.17. The van der Waals surface area contributed by atoms with E-state index in [-0.39, 0.29) is 34.7 Å². The number of nitrogens with zero attached hydrogens (tertiary/aromatic N) is 5. The van der Waals surface area contributed by atoms with Gasteiger partial charge in [-0.25, -0.2) is 23.3 Å². The molecular weight excluding hydrogens is 456 g/mol. The Hall–Kier alpha value is -3.99. The van der Waals surface area contributed by atoms with Crippen molar-refractivity contribution in [1.29, 1.82) is 0 Å². The summed E-state index contributed by atoms with van der Waals surface area (Å²) < 4.78 is 27.9.